The number of hydrogen-bond donors (Lipinski definition) is 4. The number of rotatable bonds is 11. The quantitative estimate of drug-likeness (QED) is 0.160. The summed E-state index contributed by atoms with van der Waals surface area (Å²) in [5.41, 5.74) is 0. The van der Waals surface area contributed by atoms with E-state index in [1.165, 1.54) is 0 Å². The van der Waals surface area contributed by atoms with Crippen molar-refractivity contribution in [2.75, 3.05) is 6.61 Å². The van der Waals surface area contributed by atoms with Crippen molar-refractivity contribution in [2.24, 2.45) is 11.8 Å². The van der Waals surface area contributed by atoms with Crippen molar-refractivity contribution in [3.8, 4) is 5.75 Å². The van der Waals surface area contributed by atoms with Crippen molar-refractivity contribution in [1.82, 2.24) is 0 Å². The summed E-state index contributed by atoms with van der Waals surface area (Å²) in [6.07, 6.45) is 7.26. The maximum atomic E-state index is 10.5. The molecule has 1 aromatic carbocycles. The number of unbranched alkanes of at least 4 members (excludes halogenated alkanes) is 1. The molecule has 0 bridgehead atoms. The molecule has 1 fully saturated rings. The summed E-state index contributed by atoms with van der Waals surface area (Å²) in [6.45, 7) is 0.0519. The van der Waals surface area contributed by atoms with Crippen LogP contribution < -0.4 is 63.9 Å². The molecule has 5 atom stereocenters. The number of hydrogen-bond acceptors (Lipinski definition) is 5. The number of halogens is 1. The molecule has 9 heteroatoms. The minimum absolute atomic E-state index is 0. The van der Waals surface area contributed by atoms with Crippen molar-refractivity contribution in [3.63, 3.8) is 0 Å². The number of aliphatic hydroxyl groups is 3. The first-order valence-corrected chi connectivity index (χ1v) is 10.2. The summed E-state index contributed by atoms with van der Waals surface area (Å²) in [6, 6.07) is 6.90. The van der Waals surface area contributed by atoms with Crippen LogP contribution in [-0.2, 0) is 4.79 Å². The molecule has 0 radical (unpaired) electrons. The molecule has 0 aliphatic heterocycles. The molecule has 2 rings (SSSR count). The van der Waals surface area contributed by atoms with Crippen LogP contribution >= 0.6 is 11.6 Å². The Bertz CT molecular complexity index is 726. The molecule has 31 heavy (non-hydrogen) atoms. The molecule has 1 aromatic rings. The van der Waals surface area contributed by atoms with Crippen molar-refractivity contribution in [2.45, 2.75) is 50.4 Å². The van der Waals surface area contributed by atoms with Crippen LogP contribution in [0.15, 0.2) is 48.6 Å². The fourth-order valence-electron chi connectivity index (χ4n) is 3.50. The van der Waals surface area contributed by atoms with Crippen LogP contribution in [0.2, 0.25) is 5.02 Å². The van der Waals surface area contributed by atoms with E-state index in [2.05, 4.69) is 0 Å². The van der Waals surface area contributed by atoms with E-state index in [1.807, 2.05) is 12.2 Å². The third-order valence-electron chi connectivity index (χ3n) is 5.02. The van der Waals surface area contributed by atoms with Crippen LogP contribution in [0.25, 0.3) is 0 Å². The Labute approximate surface area is 235 Å². The Morgan fingerprint density at radius 1 is 1.26 bits per heavy atom. The van der Waals surface area contributed by atoms with E-state index in [1.54, 1.807) is 36.4 Å². The topological polar surface area (TPSA) is 107 Å². The van der Waals surface area contributed by atoms with Crippen molar-refractivity contribution < 1.29 is 91.9 Å². The van der Waals surface area contributed by atoms with Gasteiger partial charge in [0.15, 0.2) is 0 Å². The SMILES string of the molecule is O=C(O)CCC/C=C\C[C@@H]1[C@@H](/C=C/[C@@H](O)COc2cccc(Cl)c2)[C@H](O)C[C@@H]1O.[H-].[H-].[Na+].[Na+]. The van der Waals surface area contributed by atoms with Crippen molar-refractivity contribution in [3.05, 3.63) is 53.6 Å². The number of benzene rings is 1. The molecular weight excluding hydrogens is 442 g/mol. The fourth-order valence-corrected chi connectivity index (χ4v) is 3.68. The van der Waals surface area contributed by atoms with Gasteiger partial charge in [-0.25, -0.2) is 0 Å². The molecule has 164 valence electrons. The molecule has 6 nitrogen and oxygen atoms in total. The van der Waals surface area contributed by atoms with E-state index < -0.39 is 24.3 Å². The monoisotopic (exact) mass is 472 g/mol. The van der Waals surface area contributed by atoms with Gasteiger partial charge in [-0.15, -0.1) is 0 Å². The van der Waals surface area contributed by atoms with Crippen LogP contribution in [0.5, 0.6) is 5.75 Å². The first kappa shape index (κ1) is 31.1. The normalized spacial score (nSPS) is 24.0. The first-order valence-electron chi connectivity index (χ1n) is 9.84. The zero-order chi connectivity index (χ0) is 21.2. The molecule has 0 saturated heterocycles. The maximum absolute atomic E-state index is 10.5. The second kappa shape index (κ2) is 16.7. The van der Waals surface area contributed by atoms with E-state index in [4.69, 9.17) is 21.4 Å². The maximum Gasteiger partial charge on any atom is 1.00 e. The zero-order valence-corrected chi connectivity index (χ0v) is 23.0. The Morgan fingerprint density at radius 3 is 2.68 bits per heavy atom. The van der Waals surface area contributed by atoms with Gasteiger partial charge in [0.1, 0.15) is 18.5 Å². The van der Waals surface area contributed by atoms with E-state index in [0.29, 0.717) is 36.5 Å². The minimum atomic E-state index is -0.855. The second-order valence-electron chi connectivity index (χ2n) is 7.33. The summed E-state index contributed by atoms with van der Waals surface area (Å²) in [4.78, 5) is 10.5. The number of carboxylic acids is 1. The fraction of sp³-hybridized carbons (Fsp3) is 0.500. The molecule has 0 amide bonds. The van der Waals surface area contributed by atoms with Crippen molar-refractivity contribution >= 4 is 17.6 Å². The molecule has 1 aliphatic rings. The van der Waals surface area contributed by atoms with Gasteiger partial charge < -0.3 is 28.0 Å². The van der Waals surface area contributed by atoms with Gasteiger partial charge in [-0.2, -0.15) is 0 Å². The van der Waals surface area contributed by atoms with E-state index >= 15 is 0 Å². The van der Waals surface area contributed by atoms with E-state index in [-0.39, 0.29) is 86.8 Å². The summed E-state index contributed by atoms with van der Waals surface area (Å²) in [7, 11) is 0. The Balaban J connectivity index is -0.00000225. The molecule has 1 saturated carbocycles. The van der Waals surface area contributed by atoms with E-state index in [9.17, 15) is 20.1 Å². The van der Waals surface area contributed by atoms with E-state index in [0.717, 1.165) is 0 Å². The number of carboxylic acid groups (broad SMARTS) is 1. The summed E-state index contributed by atoms with van der Waals surface area (Å²) < 4.78 is 5.51. The van der Waals surface area contributed by atoms with Gasteiger partial charge in [0.05, 0.1) is 12.2 Å². The van der Waals surface area contributed by atoms with Gasteiger partial charge in [-0.3, -0.25) is 4.79 Å². The van der Waals surface area contributed by atoms with Gasteiger partial charge in [-0.1, -0.05) is 42.0 Å². The third kappa shape index (κ3) is 11.7. The Morgan fingerprint density at radius 2 is 2.00 bits per heavy atom. The van der Waals surface area contributed by atoms with Gasteiger partial charge in [0.25, 0.3) is 0 Å². The van der Waals surface area contributed by atoms with Gasteiger partial charge >= 0.3 is 65.1 Å². The van der Waals surface area contributed by atoms with Gasteiger partial charge in [0, 0.05) is 23.8 Å². The second-order valence-corrected chi connectivity index (χ2v) is 7.76. The largest absolute Gasteiger partial charge is 1.00 e. The Hall–Kier alpha value is 0.140. The number of carbonyl (C=O) groups is 1. The summed E-state index contributed by atoms with van der Waals surface area (Å²) in [5, 5.41) is 39.8. The zero-order valence-electron chi connectivity index (χ0n) is 20.2. The molecule has 4 N–H and O–H groups in total. The Kier molecular flexibility index (Phi) is 16.8. The number of allylic oxidation sites excluding steroid dienone is 2. The molecule has 0 unspecified atom stereocenters. The molecule has 0 heterocycles. The molecular formula is C22H31ClNa2O6. The average molecular weight is 473 g/mol. The van der Waals surface area contributed by atoms with Gasteiger partial charge in [-0.05, 0) is 43.4 Å². The van der Waals surface area contributed by atoms with Crippen molar-refractivity contribution in [1.29, 1.82) is 0 Å². The molecule has 1 aliphatic carbocycles. The third-order valence-corrected chi connectivity index (χ3v) is 5.26. The van der Waals surface area contributed by atoms with Crippen LogP contribution in [0, 0.1) is 11.8 Å². The average Bonchev–Trinajstić information content (AvgIpc) is 2.93. The van der Waals surface area contributed by atoms with Crippen LogP contribution in [0.1, 0.15) is 35.0 Å². The van der Waals surface area contributed by atoms with Gasteiger partial charge in [0.2, 0.25) is 0 Å². The summed E-state index contributed by atoms with van der Waals surface area (Å²) >= 11 is 5.90. The van der Waals surface area contributed by atoms with Crippen LogP contribution in [0.4, 0.5) is 0 Å². The number of aliphatic hydroxyl groups excluding tert-OH is 3. The standard InChI is InChI=1S/C22H29ClO6.2Na.2H/c23-15-6-5-7-17(12-15)29-14-16(24)10-11-19-18(20(25)13-21(19)26)8-3-1-2-4-9-22(27)28;;;;/h1,3,5-7,10-12,16,18-21,24-26H,2,4,8-9,13-14H2,(H,27,28);;;;/q;2*+1;2*-1/b3-1-,11-10+;;;;/t16-,18-,19-,20+,21-;;;;/m1..../s1. The summed E-state index contributed by atoms with van der Waals surface area (Å²) in [5.74, 6) is -0.671. The molecule has 0 aromatic heterocycles. The smallest absolute Gasteiger partial charge is 1.00 e. The van der Waals surface area contributed by atoms with Crippen LogP contribution in [0.3, 0.4) is 0 Å². The first-order chi connectivity index (χ1) is 13.9. The number of ether oxygens (including phenoxy) is 1. The number of aliphatic carboxylic acids is 1. The van der Waals surface area contributed by atoms with Crippen LogP contribution in [-0.4, -0.2) is 51.3 Å². The predicted octanol–water partition coefficient (Wildman–Crippen LogP) is -2.57. The minimum Gasteiger partial charge on any atom is -1.00 e. The molecule has 0 spiro atoms. The predicted molar refractivity (Wildman–Crippen MR) is 113 cm³/mol.